The van der Waals surface area contributed by atoms with E-state index < -0.39 is 0 Å². The quantitative estimate of drug-likeness (QED) is 0.708. The van der Waals surface area contributed by atoms with Gasteiger partial charge in [-0.3, -0.25) is 4.98 Å². The van der Waals surface area contributed by atoms with Gasteiger partial charge in [-0.15, -0.1) is 5.11 Å². The van der Waals surface area contributed by atoms with E-state index in [9.17, 15) is 0 Å². The normalized spacial score (nSPS) is 11.3. The van der Waals surface area contributed by atoms with Gasteiger partial charge in [0.15, 0.2) is 5.65 Å². The zero-order chi connectivity index (χ0) is 12.2. The van der Waals surface area contributed by atoms with Crippen LogP contribution in [0, 0.1) is 0 Å². The number of imidazole rings is 1. The molecule has 0 spiro atoms. The van der Waals surface area contributed by atoms with Gasteiger partial charge in [-0.1, -0.05) is 0 Å². The maximum atomic E-state index is 4.10. The van der Waals surface area contributed by atoms with Crippen LogP contribution in [0.5, 0.6) is 0 Å². The van der Waals surface area contributed by atoms with Gasteiger partial charge in [-0.05, 0) is 17.7 Å². The van der Waals surface area contributed by atoms with Gasteiger partial charge in [-0.25, -0.2) is 15.0 Å². The SMILES string of the molecule is c1cc(CN=Nc2ncnc3nc[nH]c23)ccn1. The van der Waals surface area contributed by atoms with E-state index in [2.05, 4.69) is 35.1 Å². The fraction of sp³-hybridized carbons (Fsp3) is 0.0909. The Morgan fingerprint density at radius 2 is 2.00 bits per heavy atom. The summed E-state index contributed by atoms with van der Waals surface area (Å²) in [5.41, 5.74) is 2.32. The monoisotopic (exact) mass is 239 g/mol. The highest BCUT2D eigenvalue weighted by atomic mass is 15.2. The lowest BCUT2D eigenvalue weighted by Gasteiger charge is -1.94. The first-order valence-corrected chi connectivity index (χ1v) is 5.34. The van der Waals surface area contributed by atoms with E-state index in [4.69, 9.17) is 0 Å². The van der Waals surface area contributed by atoms with Crippen LogP contribution in [0.4, 0.5) is 5.82 Å². The fourth-order valence-electron chi connectivity index (χ4n) is 1.50. The lowest BCUT2D eigenvalue weighted by atomic mass is 10.3. The number of aromatic amines is 1. The van der Waals surface area contributed by atoms with Gasteiger partial charge >= 0.3 is 0 Å². The Morgan fingerprint density at radius 3 is 2.89 bits per heavy atom. The van der Waals surface area contributed by atoms with E-state index in [0.29, 0.717) is 23.5 Å². The number of hydrogen-bond acceptors (Lipinski definition) is 6. The minimum absolute atomic E-state index is 0.488. The number of hydrogen-bond donors (Lipinski definition) is 1. The van der Waals surface area contributed by atoms with Gasteiger partial charge in [0.1, 0.15) is 11.8 Å². The molecule has 0 aliphatic heterocycles. The molecule has 0 unspecified atom stereocenters. The summed E-state index contributed by atoms with van der Waals surface area (Å²) in [4.78, 5) is 19.0. The number of fused-ring (bicyclic) bond motifs is 1. The first-order chi connectivity index (χ1) is 8.93. The van der Waals surface area contributed by atoms with E-state index in [1.807, 2.05) is 12.1 Å². The molecular weight excluding hydrogens is 230 g/mol. The number of nitrogens with zero attached hydrogens (tertiary/aromatic N) is 6. The van der Waals surface area contributed by atoms with Crippen molar-refractivity contribution in [2.75, 3.05) is 0 Å². The van der Waals surface area contributed by atoms with Crippen LogP contribution in [-0.4, -0.2) is 24.9 Å². The molecule has 18 heavy (non-hydrogen) atoms. The second-order valence-corrected chi connectivity index (χ2v) is 3.55. The van der Waals surface area contributed by atoms with Crippen molar-refractivity contribution < 1.29 is 0 Å². The first-order valence-electron chi connectivity index (χ1n) is 5.34. The topological polar surface area (TPSA) is 92.1 Å². The molecule has 3 heterocycles. The second kappa shape index (κ2) is 4.66. The molecule has 0 radical (unpaired) electrons. The van der Waals surface area contributed by atoms with Crippen molar-refractivity contribution in [2.45, 2.75) is 6.54 Å². The van der Waals surface area contributed by atoms with Crippen LogP contribution in [0.15, 0.2) is 47.4 Å². The largest absolute Gasteiger partial charge is 0.340 e. The number of pyridine rings is 1. The summed E-state index contributed by atoms with van der Waals surface area (Å²) in [6.07, 6.45) is 6.43. The Labute approximate surface area is 102 Å². The van der Waals surface area contributed by atoms with Crippen molar-refractivity contribution in [1.82, 2.24) is 24.9 Å². The highest BCUT2D eigenvalue weighted by molar-refractivity contribution is 5.79. The summed E-state index contributed by atoms with van der Waals surface area (Å²) in [5.74, 6) is 0.492. The molecule has 0 aromatic carbocycles. The number of rotatable bonds is 3. The van der Waals surface area contributed by atoms with Crippen LogP contribution in [-0.2, 0) is 6.54 Å². The molecule has 88 valence electrons. The summed E-state index contributed by atoms with van der Waals surface area (Å²) < 4.78 is 0. The average molecular weight is 239 g/mol. The molecule has 0 amide bonds. The molecule has 0 saturated heterocycles. The van der Waals surface area contributed by atoms with Gasteiger partial charge < -0.3 is 4.98 Å². The summed E-state index contributed by atoms with van der Waals surface area (Å²) >= 11 is 0. The molecule has 3 rings (SSSR count). The molecule has 7 heteroatoms. The first kappa shape index (κ1) is 10.5. The van der Waals surface area contributed by atoms with Crippen LogP contribution in [0.1, 0.15) is 5.56 Å². The number of azo groups is 1. The minimum Gasteiger partial charge on any atom is -0.340 e. The summed E-state index contributed by atoms with van der Waals surface area (Å²) in [6, 6.07) is 3.79. The maximum Gasteiger partial charge on any atom is 0.203 e. The predicted octanol–water partition coefficient (Wildman–Crippen LogP) is 2.03. The molecule has 3 aromatic heterocycles. The average Bonchev–Trinajstić information content (AvgIpc) is 2.89. The molecule has 0 aliphatic carbocycles. The lowest BCUT2D eigenvalue weighted by Crippen LogP contribution is -1.83. The highest BCUT2D eigenvalue weighted by Crippen LogP contribution is 2.18. The van der Waals surface area contributed by atoms with Gasteiger partial charge in [0.2, 0.25) is 5.82 Å². The summed E-state index contributed by atoms with van der Waals surface area (Å²) in [7, 11) is 0. The Hall–Kier alpha value is -2.70. The van der Waals surface area contributed by atoms with Crippen molar-refractivity contribution in [3.05, 3.63) is 42.7 Å². The summed E-state index contributed by atoms with van der Waals surface area (Å²) in [5, 5.41) is 8.18. The van der Waals surface area contributed by atoms with E-state index in [1.54, 1.807) is 18.7 Å². The third-order valence-electron chi connectivity index (χ3n) is 2.37. The van der Waals surface area contributed by atoms with E-state index >= 15 is 0 Å². The van der Waals surface area contributed by atoms with E-state index in [0.717, 1.165) is 5.56 Å². The maximum absolute atomic E-state index is 4.10. The molecule has 1 N–H and O–H groups in total. The smallest absolute Gasteiger partial charge is 0.203 e. The molecule has 0 atom stereocenters. The van der Waals surface area contributed by atoms with Crippen molar-refractivity contribution in [2.24, 2.45) is 10.2 Å². The molecule has 3 aromatic rings. The van der Waals surface area contributed by atoms with Crippen molar-refractivity contribution in [3.8, 4) is 0 Å². The Morgan fingerprint density at radius 1 is 1.11 bits per heavy atom. The van der Waals surface area contributed by atoms with Gasteiger partial charge in [0, 0.05) is 12.4 Å². The van der Waals surface area contributed by atoms with E-state index in [-0.39, 0.29) is 0 Å². The highest BCUT2D eigenvalue weighted by Gasteiger charge is 2.03. The van der Waals surface area contributed by atoms with E-state index in [1.165, 1.54) is 6.33 Å². The zero-order valence-corrected chi connectivity index (χ0v) is 9.35. The Balaban J connectivity index is 1.82. The fourth-order valence-corrected chi connectivity index (χ4v) is 1.50. The molecule has 7 nitrogen and oxygen atoms in total. The van der Waals surface area contributed by atoms with Crippen LogP contribution in [0.2, 0.25) is 0 Å². The van der Waals surface area contributed by atoms with Crippen LogP contribution in [0.25, 0.3) is 11.2 Å². The second-order valence-electron chi connectivity index (χ2n) is 3.55. The van der Waals surface area contributed by atoms with Crippen molar-refractivity contribution in [1.29, 1.82) is 0 Å². The summed E-state index contributed by atoms with van der Waals surface area (Å²) in [6.45, 7) is 0.488. The molecular formula is C11H9N7. The Kier molecular flexibility index (Phi) is 2.71. The third-order valence-corrected chi connectivity index (χ3v) is 2.37. The molecule has 0 aliphatic rings. The van der Waals surface area contributed by atoms with Crippen LogP contribution in [0.3, 0.4) is 0 Å². The van der Waals surface area contributed by atoms with Gasteiger partial charge in [-0.2, -0.15) is 5.11 Å². The van der Waals surface area contributed by atoms with Gasteiger partial charge in [0.05, 0.1) is 12.9 Å². The number of aromatic nitrogens is 5. The van der Waals surface area contributed by atoms with Crippen molar-refractivity contribution in [3.63, 3.8) is 0 Å². The standard InChI is InChI=1S/C11H9N7/c1-3-12-4-2-8(1)5-17-18-11-9-10(14-6-13-9)15-7-16-11/h1-4,6-7H,5H2,(H,13,14,15,16). The third kappa shape index (κ3) is 2.05. The van der Waals surface area contributed by atoms with Crippen LogP contribution >= 0.6 is 0 Å². The Bertz CT molecular complexity index is 674. The van der Waals surface area contributed by atoms with Crippen LogP contribution < -0.4 is 0 Å². The van der Waals surface area contributed by atoms with Gasteiger partial charge in [0.25, 0.3) is 0 Å². The van der Waals surface area contributed by atoms with Crippen molar-refractivity contribution >= 4 is 17.0 Å². The molecule has 0 saturated carbocycles. The zero-order valence-electron chi connectivity index (χ0n) is 9.35. The number of H-pyrrole nitrogens is 1. The number of nitrogens with one attached hydrogen (secondary N) is 1. The minimum atomic E-state index is 0.488. The molecule has 0 bridgehead atoms. The lowest BCUT2D eigenvalue weighted by molar-refractivity contribution is 0.942. The molecule has 0 fully saturated rings. The predicted molar refractivity (Wildman–Crippen MR) is 64.1 cm³/mol.